The van der Waals surface area contributed by atoms with Crippen LogP contribution >= 0.6 is 11.3 Å². The van der Waals surface area contributed by atoms with Crippen LogP contribution in [0, 0.1) is 0 Å². The van der Waals surface area contributed by atoms with Crippen molar-refractivity contribution in [3.63, 3.8) is 0 Å². The molecule has 144 valence electrons. The van der Waals surface area contributed by atoms with Crippen molar-refractivity contribution in [3.05, 3.63) is 113 Å². The highest BCUT2D eigenvalue weighted by molar-refractivity contribution is 7.13. The van der Waals surface area contributed by atoms with E-state index in [1.165, 1.54) is 11.3 Å². The van der Waals surface area contributed by atoms with Gasteiger partial charge in [0.15, 0.2) is 0 Å². The minimum atomic E-state index is -1.89. The van der Waals surface area contributed by atoms with Crippen molar-refractivity contribution in [1.82, 2.24) is 4.98 Å². The third kappa shape index (κ3) is 3.97. The number of aromatic nitrogens is 1. The summed E-state index contributed by atoms with van der Waals surface area (Å²) < 4.78 is 5.51. The standard InChI is InChI=1S/C24H19NO3S/c26-23(28-16-21-17-29-22(25-21)18-10-4-1-5-11-18)24(27,19-12-6-2-7-13-19)20-14-8-3-9-15-20/h1-15,17,27H,16H2. The number of hydrogen-bond donors (Lipinski definition) is 1. The first-order valence-corrected chi connectivity index (χ1v) is 10.1. The number of nitrogens with zero attached hydrogens (tertiary/aromatic N) is 1. The zero-order valence-electron chi connectivity index (χ0n) is 15.6. The average molecular weight is 401 g/mol. The highest BCUT2D eigenvalue weighted by Crippen LogP contribution is 2.31. The van der Waals surface area contributed by atoms with Gasteiger partial charge in [0, 0.05) is 10.9 Å². The number of carbonyl (C=O) groups is 1. The molecule has 0 amide bonds. The molecule has 0 saturated heterocycles. The summed E-state index contributed by atoms with van der Waals surface area (Å²) in [6, 6.07) is 27.5. The first-order chi connectivity index (χ1) is 14.2. The summed E-state index contributed by atoms with van der Waals surface area (Å²) in [7, 11) is 0. The Kier molecular flexibility index (Phi) is 5.51. The molecule has 0 bridgehead atoms. The maximum Gasteiger partial charge on any atom is 0.348 e. The highest BCUT2D eigenvalue weighted by atomic mass is 32.1. The molecule has 1 aromatic heterocycles. The molecular formula is C24H19NO3S. The monoisotopic (exact) mass is 401 g/mol. The van der Waals surface area contributed by atoms with Gasteiger partial charge in [-0.25, -0.2) is 9.78 Å². The lowest BCUT2D eigenvalue weighted by Gasteiger charge is -2.26. The molecule has 4 aromatic rings. The molecule has 29 heavy (non-hydrogen) atoms. The van der Waals surface area contributed by atoms with Gasteiger partial charge in [0.25, 0.3) is 0 Å². The Morgan fingerprint density at radius 2 is 1.38 bits per heavy atom. The van der Waals surface area contributed by atoms with Crippen LogP contribution in [0.15, 0.2) is 96.4 Å². The van der Waals surface area contributed by atoms with Crippen LogP contribution in [0.25, 0.3) is 10.6 Å². The molecule has 0 spiro atoms. The van der Waals surface area contributed by atoms with Crippen molar-refractivity contribution in [2.75, 3.05) is 0 Å². The van der Waals surface area contributed by atoms with Crippen LogP contribution in [-0.2, 0) is 21.7 Å². The summed E-state index contributed by atoms with van der Waals surface area (Å²) in [6.45, 7) is -0.00978. The Morgan fingerprint density at radius 1 is 0.862 bits per heavy atom. The molecule has 3 aromatic carbocycles. The second-order valence-electron chi connectivity index (χ2n) is 6.53. The van der Waals surface area contributed by atoms with E-state index < -0.39 is 11.6 Å². The molecule has 5 heteroatoms. The third-order valence-corrected chi connectivity index (χ3v) is 5.54. The molecule has 0 aliphatic carbocycles. The first kappa shape index (κ1) is 19.1. The van der Waals surface area contributed by atoms with Crippen LogP contribution < -0.4 is 0 Å². The maximum absolute atomic E-state index is 13.0. The number of thiazole rings is 1. The highest BCUT2D eigenvalue weighted by Gasteiger charge is 2.41. The van der Waals surface area contributed by atoms with E-state index >= 15 is 0 Å². The zero-order valence-corrected chi connectivity index (χ0v) is 16.4. The fourth-order valence-corrected chi connectivity index (χ4v) is 3.90. The fraction of sp³-hybridized carbons (Fsp3) is 0.0833. The normalized spacial score (nSPS) is 11.2. The molecule has 0 unspecified atom stereocenters. The van der Waals surface area contributed by atoms with E-state index in [9.17, 15) is 9.90 Å². The minimum Gasteiger partial charge on any atom is -0.456 e. The Bertz CT molecular complexity index is 1040. The van der Waals surface area contributed by atoms with E-state index in [0.29, 0.717) is 16.8 Å². The quantitative estimate of drug-likeness (QED) is 0.472. The second kappa shape index (κ2) is 8.39. The lowest BCUT2D eigenvalue weighted by Crippen LogP contribution is -2.38. The van der Waals surface area contributed by atoms with Gasteiger partial charge in [-0.1, -0.05) is 91.0 Å². The number of hydrogen-bond acceptors (Lipinski definition) is 5. The Morgan fingerprint density at radius 3 is 1.93 bits per heavy atom. The van der Waals surface area contributed by atoms with E-state index in [1.54, 1.807) is 48.5 Å². The fourth-order valence-electron chi connectivity index (χ4n) is 3.09. The van der Waals surface area contributed by atoms with Crippen molar-refractivity contribution in [3.8, 4) is 10.6 Å². The van der Waals surface area contributed by atoms with Crippen molar-refractivity contribution < 1.29 is 14.6 Å². The van der Waals surface area contributed by atoms with Gasteiger partial charge in [-0.3, -0.25) is 0 Å². The molecule has 0 atom stereocenters. The number of rotatable bonds is 6. The molecule has 1 heterocycles. The molecule has 1 N–H and O–H groups in total. The van der Waals surface area contributed by atoms with E-state index in [0.717, 1.165) is 10.6 Å². The molecule has 4 rings (SSSR count). The molecule has 4 nitrogen and oxygen atoms in total. The van der Waals surface area contributed by atoms with Gasteiger partial charge in [0.1, 0.15) is 11.6 Å². The van der Waals surface area contributed by atoms with Crippen LogP contribution in [0.4, 0.5) is 0 Å². The van der Waals surface area contributed by atoms with Gasteiger partial charge in [0.2, 0.25) is 5.60 Å². The number of esters is 1. The predicted octanol–water partition coefficient (Wildman–Crippen LogP) is 4.79. The van der Waals surface area contributed by atoms with E-state index in [1.807, 2.05) is 47.8 Å². The van der Waals surface area contributed by atoms with Gasteiger partial charge in [-0.15, -0.1) is 11.3 Å². The van der Waals surface area contributed by atoms with Gasteiger partial charge >= 0.3 is 5.97 Å². The van der Waals surface area contributed by atoms with Crippen LogP contribution in [-0.4, -0.2) is 16.1 Å². The van der Waals surface area contributed by atoms with Crippen LogP contribution in [0.2, 0.25) is 0 Å². The zero-order chi connectivity index (χ0) is 20.1. The molecule has 0 radical (unpaired) electrons. The molecular weight excluding hydrogens is 382 g/mol. The third-order valence-electron chi connectivity index (χ3n) is 4.60. The van der Waals surface area contributed by atoms with Crippen molar-refractivity contribution in [2.24, 2.45) is 0 Å². The van der Waals surface area contributed by atoms with E-state index in [2.05, 4.69) is 4.98 Å². The number of carbonyl (C=O) groups excluding carboxylic acids is 1. The largest absolute Gasteiger partial charge is 0.456 e. The van der Waals surface area contributed by atoms with Crippen LogP contribution in [0.5, 0.6) is 0 Å². The molecule has 0 fully saturated rings. The van der Waals surface area contributed by atoms with Gasteiger partial charge in [0.05, 0.1) is 5.69 Å². The lowest BCUT2D eigenvalue weighted by atomic mass is 9.86. The summed E-state index contributed by atoms with van der Waals surface area (Å²) in [5, 5.41) is 14.1. The average Bonchev–Trinajstić information content (AvgIpc) is 3.28. The van der Waals surface area contributed by atoms with Gasteiger partial charge in [-0.2, -0.15) is 0 Å². The van der Waals surface area contributed by atoms with Gasteiger partial charge in [-0.05, 0) is 11.1 Å². The number of benzene rings is 3. The number of aliphatic hydroxyl groups is 1. The summed E-state index contributed by atoms with van der Waals surface area (Å²) >= 11 is 1.49. The smallest absolute Gasteiger partial charge is 0.348 e. The van der Waals surface area contributed by atoms with Crippen molar-refractivity contribution >= 4 is 17.3 Å². The van der Waals surface area contributed by atoms with Gasteiger partial charge < -0.3 is 9.84 Å². The minimum absolute atomic E-state index is 0.00978. The lowest BCUT2D eigenvalue weighted by molar-refractivity contribution is -0.163. The summed E-state index contributed by atoms with van der Waals surface area (Å²) in [6.07, 6.45) is 0. The predicted molar refractivity (Wildman–Crippen MR) is 113 cm³/mol. The van der Waals surface area contributed by atoms with Crippen molar-refractivity contribution in [2.45, 2.75) is 12.2 Å². The summed E-state index contributed by atoms with van der Waals surface area (Å²) in [4.78, 5) is 17.6. The molecule has 0 saturated carbocycles. The van der Waals surface area contributed by atoms with Crippen LogP contribution in [0.3, 0.4) is 0 Å². The maximum atomic E-state index is 13.0. The summed E-state index contributed by atoms with van der Waals surface area (Å²) in [5.74, 6) is -0.732. The Balaban J connectivity index is 1.56. The molecule has 0 aliphatic heterocycles. The SMILES string of the molecule is O=C(OCc1csc(-c2ccccc2)n1)C(O)(c1ccccc1)c1ccccc1. The number of ether oxygens (including phenoxy) is 1. The Labute approximate surface area is 173 Å². The Hall–Kier alpha value is -3.28. The second-order valence-corrected chi connectivity index (χ2v) is 7.39. The first-order valence-electron chi connectivity index (χ1n) is 9.18. The molecule has 0 aliphatic rings. The van der Waals surface area contributed by atoms with Crippen LogP contribution in [0.1, 0.15) is 16.8 Å². The summed E-state index contributed by atoms with van der Waals surface area (Å²) in [5.41, 5.74) is 0.686. The topological polar surface area (TPSA) is 59.4 Å². The van der Waals surface area contributed by atoms with Crippen molar-refractivity contribution in [1.29, 1.82) is 0 Å². The van der Waals surface area contributed by atoms with E-state index in [-0.39, 0.29) is 6.61 Å². The van der Waals surface area contributed by atoms with E-state index in [4.69, 9.17) is 4.74 Å².